The molecule has 8 nitrogen and oxygen atoms in total. The standard InChI is InChI=1S/C12H22N4O4S2/c1-4-6-14-21(17,18)10-8-11(12(13)16-9(10)3)22(19,20)15-7-5-2/h8,14-15H,4-7H2,1-3H3,(H2,13,16). The second-order valence-electron chi connectivity index (χ2n) is 4.75. The number of anilines is 1. The van der Waals surface area contributed by atoms with Crippen molar-refractivity contribution in [1.29, 1.82) is 0 Å². The van der Waals surface area contributed by atoms with Crippen molar-refractivity contribution in [2.45, 2.75) is 43.4 Å². The highest BCUT2D eigenvalue weighted by molar-refractivity contribution is 7.90. The van der Waals surface area contributed by atoms with Crippen molar-refractivity contribution in [2.75, 3.05) is 18.8 Å². The smallest absolute Gasteiger partial charge is 0.244 e. The Kier molecular flexibility index (Phi) is 6.29. The van der Waals surface area contributed by atoms with Gasteiger partial charge >= 0.3 is 0 Å². The number of pyridine rings is 1. The second kappa shape index (κ2) is 7.36. The number of aryl methyl sites for hydroxylation is 1. The van der Waals surface area contributed by atoms with Gasteiger partial charge in [0.1, 0.15) is 15.6 Å². The lowest BCUT2D eigenvalue weighted by molar-refractivity contribution is 0.577. The normalized spacial score (nSPS) is 12.5. The third-order valence-electron chi connectivity index (χ3n) is 2.82. The van der Waals surface area contributed by atoms with Gasteiger partial charge in [0.2, 0.25) is 20.0 Å². The zero-order valence-corrected chi connectivity index (χ0v) is 14.5. The quantitative estimate of drug-likeness (QED) is 0.620. The number of hydrogen-bond donors (Lipinski definition) is 3. The van der Waals surface area contributed by atoms with E-state index in [0.717, 1.165) is 6.07 Å². The van der Waals surface area contributed by atoms with Gasteiger partial charge in [-0.05, 0) is 25.8 Å². The van der Waals surface area contributed by atoms with Gasteiger partial charge in [0, 0.05) is 13.1 Å². The Hall–Kier alpha value is -1.23. The Morgan fingerprint density at radius 1 is 1.00 bits per heavy atom. The fraction of sp³-hybridized carbons (Fsp3) is 0.583. The molecule has 1 aromatic rings. The molecular formula is C12H22N4O4S2. The van der Waals surface area contributed by atoms with Crippen LogP contribution in [0, 0.1) is 6.92 Å². The van der Waals surface area contributed by atoms with Gasteiger partial charge in [-0.3, -0.25) is 0 Å². The molecule has 0 atom stereocenters. The van der Waals surface area contributed by atoms with Crippen molar-refractivity contribution in [3.63, 3.8) is 0 Å². The van der Waals surface area contributed by atoms with Gasteiger partial charge < -0.3 is 5.73 Å². The molecule has 1 aromatic heterocycles. The van der Waals surface area contributed by atoms with Gasteiger partial charge in [0.25, 0.3) is 0 Å². The van der Waals surface area contributed by atoms with Crippen LogP contribution >= 0.6 is 0 Å². The first kappa shape index (κ1) is 18.8. The maximum Gasteiger partial charge on any atom is 0.244 e. The molecule has 0 saturated heterocycles. The van der Waals surface area contributed by atoms with Crippen molar-refractivity contribution >= 4 is 25.9 Å². The summed E-state index contributed by atoms with van der Waals surface area (Å²) in [5.41, 5.74) is 5.79. The minimum atomic E-state index is -3.90. The molecule has 0 saturated carbocycles. The van der Waals surface area contributed by atoms with Gasteiger partial charge in [-0.15, -0.1) is 0 Å². The molecule has 0 aliphatic carbocycles. The molecule has 0 aliphatic heterocycles. The molecule has 126 valence electrons. The fourth-order valence-corrected chi connectivity index (χ4v) is 4.34. The summed E-state index contributed by atoms with van der Waals surface area (Å²) in [5.74, 6) is -0.226. The topological polar surface area (TPSA) is 131 Å². The molecule has 0 unspecified atom stereocenters. The summed E-state index contributed by atoms with van der Waals surface area (Å²) >= 11 is 0. The first-order chi connectivity index (χ1) is 10.2. The molecule has 0 amide bonds. The number of nitrogens with one attached hydrogen (secondary N) is 2. The average molecular weight is 350 g/mol. The van der Waals surface area contributed by atoms with Crippen LogP contribution in [0.1, 0.15) is 32.4 Å². The molecule has 0 radical (unpaired) electrons. The van der Waals surface area contributed by atoms with Crippen LogP contribution in [0.2, 0.25) is 0 Å². The maximum atomic E-state index is 12.2. The summed E-state index contributed by atoms with van der Waals surface area (Å²) in [4.78, 5) is 3.34. The fourth-order valence-electron chi connectivity index (χ4n) is 1.70. The van der Waals surface area contributed by atoms with Crippen LogP contribution in [0.4, 0.5) is 5.82 Å². The lowest BCUT2D eigenvalue weighted by Gasteiger charge is -2.13. The van der Waals surface area contributed by atoms with E-state index in [-0.39, 0.29) is 34.4 Å². The van der Waals surface area contributed by atoms with Crippen molar-refractivity contribution in [3.8, 4) is 0 Å². The molecule has 22 heavy (non-hydrogen) atoms. The zero-order valence-electron chi connectivity index (χ0n) is 12.9. The molecule has 1 heterocycles. The van der Waals surface area contributed by atoms with E-state index >= 15 is 0 Å². The van der Waals surface area contributed by atoms with Gasteiger partial charge in [0.05, 0.1) is 5.69 Å². The summed E-state index contributed by atoms with van der Waals surface area (Å²) in [6.07, 6.45) is 1.21. The monoisotopic (exact) mass is 350 g/mol. The van der Waals surface area contributed by atoms with Gasteiger partial charge in [-0.1, -0.05) is 13.8 Å². The third kappa shape index (κ3) is 4.38. The van der Waals surface area contributed by atoms with Crippen molar-refractivity contribution in [2.24, 2.45) is 0 Å². The van der Waals surface area contributed by atoms with Crippen LogP contribution < -0.4 is 15.2 Å². The van der Waals surface area contributed by atoms with E-state index in [2.05, 4.69) is 14.4 Å². The Balaban J connectivity index is 3.37. The Labute approximate surface area is 131 Å². The third-order valence-corrected chi connectivity index (χ3v) is 5.89. The Morgan fingerprint density at radius 3 is 1.91 bits per heavy atom. The first-order valence-corrected chi connectivity index (χ1v) is 9.88. The van der Waals surface area contributed by atoms with Crippen LogP contribution in [0.3, 0.4) is 0 Å². The lowest BCUT2D eigenvalue weighted by Crippen LogP contribution is -2.28. The molecule has 0 spiro atoms. The highest BCUT2D eigenvalue weighted by Gasteiger charge is 2.25. The molecule has 1 rings (SSSR count). The Bertz CT molecular complexity index is 670. The number of hydrogen-bond acceptors (Lipinski definition) is 6. The molecule has 10 heteroatoms. The van der Waals surface area contributed by atoms with Crippen molar-refractivity contribution in [3.05, 3.63) is 11.8 Å². The van der Waals surface area contributed by atoms with Gasteiger partial charge in [0.15, 0.2) is 0 Å². The zero-order chi connectivity index (χ0) is 17.0. The van der Waals surface area contributed by atoms with Gasteiger partial charge in [-0.2, -0.15) is 0 Å². The number of sulfonamides is 2. The molecule has 0 aromatic carbocycles. The summed E-state index contributed by atoms with van der Waals surface area (Å²) in [6, 6.07) is 1.05. The van der Waals surface area contributed by atoms with E-state index in [0.29, 0.717) is 12.8 Å². The van der Waals surface area contributed by atoms with Crippen LogP contribution in [0.5, 0.6) is 0 Å². The molecule has 0 fully saturated rings. The molecule has 0 aliphatic rings. The molecule has 4 N–H and O–H groups in total. The summed E-state index contributed by atoms with van der Waals surface area (Å²) in [7, 11) is -7.74. The number of aromatic nitrogens is 1. The van der Waals surface area contributed by atoms with E-state index in [1.165, 1.54) is 6.92 Å². The van der Waals surface area contributed by atoms with E-state index in [9.17, 15) is 16.8 Å². The van der Waals surface area contributed by atoms with Crippen LogP contribution in [-0.2, 0) is 20.0 Å². The number of nitrogens with two attached hydrogens (primary N) is 1. The highest BCUT2D eigenvalue weighted by atomic mass is 32.2. The SMILES string of the molecule is CCCNS(=O)(=O)c1cc(S(=O)(=O)NCCC)c(N)nc1C. The predicted octanol–water partition coefficient (Wildman–Crippen LogP) is 0.349. The number of nitrogens with zero attached hydrogens (tertiary/aromatic N) is 1. The van der Waals surface area contributed by atoms with E-state index in [1.807, 2.05) is 13.8 Å². The largest absolute Gasteiger partial charge is 0.383 e. The van der Waals surface area contributed by atoms with E-state index < -0.39 is 20.0 Å². The molecular weight excluding hydrogens is 328 g/mol. The predicted molar refractivity (Wildman–Crippen MR) is 84.3 cm³/mol. The lowest BCUT2D eigenvalue weighted by atomic mass is 10.4. The summed E-state index contributed by atoms with van der Waals surface area (Å²) in [5, 5.41) is 0. The number of rotatable bonds is 8. The van der Waals surface area contributed by atoms with Gasteiger partial charge in [-0.25, -0.2) is 31.3 Å². The Morgan fingerprint density at radius 2 is 1.45 bits per heavy atom. The second-order valence-corrected chi connectivity index (χ2v) is 8.22. The van der Waals surface area contributed by atoms with Crippen LogP contribution in [0.15, 0.2) is 15.9 Å². The summed E-state index contributed by atoms with van der Waals surface area (Å²) < 4.78 is 53.5. The van der Waals surface area contributed by atoms with E-state index in [1.54, 1.807) is 0 Å². The summed E-state index contributed by atoms with van der Waals surface area (Å²) in [6.45, 7) is 5.58. The number of nitrogen functional groups attached to an aromatic ring is 1. The minimum absolute atomic E-state index is 0.149. The highest BCUT2D eigenvalue weighted by Crippen LogP contribution is 2.23. The van der Waals surface area contributed by atoms with Crippen molar-refractivity contribution < 1.29 is 16.8 Å². The van der Waals surface area contributed by atoms with Crippen LogP contribution in [0.25, 0.3) is 0 Å². The maximum absolute atomic E-state index is 12.2. The minimum Gasteiger partial charge on any atom is -0.383 e. The van der Waals surface area contributed by atoms with Crippen LogP contribution in [-0.4, -0.2) is 34.9 Å². The average Bonchev–Trinajstić information content (AvgIpc) is 2.42. The van der Waals surface area contributed by atoms with E-state index in [4.69, 9.17) is 5.73 Å². The first-order valence-electron chi connectivity index (χ1n) is 6.92. The molecule has 0 bridgehead atoms. The van der Waals surface area contributed by atoms with Crippen molar-refractivity contribution in [1.82, 2.24) is 14.4 Å².